The molecule has 0 aromatic heterocycles. The molecule has 4 N–H and O–H groups in total. The molecule has 0 fully saturated rings. The number of carbonyl (C=O) groups is 2. The van der Waals surface area contributed by atoms with Gasteiger partial charge >= 0.3 is 0 Å². The minimum Gasteiger partial charge on any atom is -0.482 e. The third-order valence-electron chi connectivity index (χ3n) is 3.88. The lowest BCUT2D eigenvalue weighted by atomic mass is 9.94. The summed E-state index contributed by atoms with van der Waals surface area (Å²) in [5.41, 5.74) is 6.76. The van der Waals surface area contributed by atoms with Gasteiger partial charge in [-0.15, -0.1) is 0 Å². The fourth-order valence-corrected chi connectivity index (χ4v) is 2.08. The molecule has 0 saturated carbocycles. The summed E-state index contributed by atoms with van der Waals surface area (Å²) in [5, 5.41) is 5.52. The van der Waals surface area contributed by atoms with Crippen LogP contribution in [0.3, 0.4) is 0 Å². The first-order valence-corrected chi connectivity index (χ1v) is 7.11. The Bertz CT molecular complexity index is 553. The lowest BCUT2D eigenvalue weighted by Gasteiger charge is -2.27. The number of hydrogen-bond donors (Lipinski definition) is 3. The van der Waals surface area contributed by atoms with Crippen LogP contribution >= 0.6 is 0 Å². The van der Waals surface area contributed by atoms with Gasteiger partial charge in [-0.3, -0.25) is 9.59 Å². The SMILES string of the molecule is CCC(N)(CC)CNC(=O)c1ccc2c(c1)NC(=O)CO2. The molecule has 1 aliphatic heterocycles. The third kappa shape index (κ3) is 3.52. The Kier molecular flexibility index (Phi) is 4.47. The Morgan fingerprint density at radius 3 is 2.81 bits per heavy atom. The molecule has 2 amide bonds. The zero-order chi connectivity index (χ0) is 15.5. The molecule has 0 saturated heterocycles. The van der Waals surface area contributed by atoms with Crippen molar-refractivity contribution >= 4 is 17.5 Å². The van der Waals surface area contributed by atoms with E-state index in [1.165, 1.54) is 0 Å². The maximum atomic E-state index is 12.2. The Balaban J connectivity index is 2.06. The number of nitrogens with two attached hydrogens (primary N) is 1. The quantitative estimate of drug-likeness (QED) is 0.761. The van der Waals surface area contributed by atoms with Crippen LogP contribution < -0.4 is 21.1 Å². The largest absolute Gasteiger partial charge is 0.482 e. The number of nitrogens with one attached hydrogen (secondary N) is 2. The normalized spacial score (nSPS) is 14.0. The van der Waals surface area contributed by atoms with Gasteiger partial charge in [0.15, 0.2) is 6.61 Å². The second-order valence-corrected chi connectivity index (χ2v) is 5.30. The molecular weight excluding hydrogens is 270 g/mol. The second kappa shape index (κ2) is 6.13. The van der Waals surface area contributed by atoms with E-state index in [0.29, 0.717) is 23.5 Å². The zero-order valence-corrected chi connectivity index (χ0v) is 12.4. The molecule has 1 aromatic carbocycles. The Morgan fingerprint density at radius 1 is 1.43 bits per heavy atom. The van der Waals surface area contributed by atoms with E-state index in [1.54, 1.807) is 18.2 Å². The summed E-state index contributed by atoms with van der Waals surface area (Å²) in [5.74, 6) is 0.133. The van der Waals surface area contributed by atoms with E-state index in [-0.39, 0.29) is 24.0 Å². The van der Waals surface area contributed by atoms with Crippen LogP contribution in [0, 0.1) is 0 Å². The molecule has 114 valence electrons. The summed E-state index contributed by atoms with van der Waals surface area (Å²) >= 11 is 0. The van der Waals surface area contributed by atoms with Gasteiger partial charge < -0.3 is 21.1 Å². The van der Waals surface area contributed by atoms with Crippen LogP contribution in [-0.4, -0.2) is 30.5 Å². The first-order valence-electron chi connectivity index (χ1n) is 7.11. The summed E-state index contributed by atoms with van der Waals surface area (Å²) in [6.45, 7) is 4.42. The van der Waals surface area contributed by atoms with Crippen molar-refractivity contribution in [2.24, 2.45) is 5.73 Å². The summed E-state index contributed by atoms with van der Waals surface area (Å²) in [4.78, 5) is 23.5. The van der Waals surface area contributed by atoms with E-state index in [1.807, 2.05) is 13.8 Å². The fourth-order valence-electron chi connectivity index (χ4n) is 2.08. The molecular formula is C15H21N3O3. The van der Waals surface area contributed by atoms with Crippen molar-refractivity contribution in [1.29, 1.82) is 0 Å². The van der Waals surface area contributed by atoms with Gasteiger partial charge in [-0.2, -0.15) is 0 Å². The molecule has 0 spiro atoms. The van der Waals surface area contributed by atoms with Crippen molar-refractivity contribution in [2.45, 2.75) is 32.2 Å². The van der Waals surface area contributed by atoms with E-state index in [4.69, 9.17) is 10.5 Å². The van der Waals surface area contributed by atoms with Gasteiger partial charge in [0.25, 0.3) is 11.8 Å². The highest BCUT2D eigenvalue weighted by Crippen LogP contribution is 2.28. The topological polar surface area (TPSA) is 93.5 Å². The number of carbonyl (C=O) groups excluding carboxylic acids is 2. The molecule has 0 unspecified atom stereocenters. The number of benzene rings is 1. The molecule has 1 heterocycles. The van der Waals surface area contributed by atoms with E-state index in [9.17, 15) is 9.59 Å². The average molecular weight is 291 g/mol. The zero-order valence-electron chi connectivity index (χ0n) is 12.4. The highest BCUT2D eigenvalue weighted by atomic mass is 16.5. The molecule has 0 aliphatic carbocycles. The van der Waals surface area contributed by atoms with E-state index in [0.717, 1.165) is 12.8 Å². The van der Waals surface area contributed by atoms with Crippen molar-refractivity contribution < 1.29 is 14.3 Å². The van der Waals surface area contributed by atoms with Crippen LogP contribution in [0.5, 0.6) is 5.75 Å². The van der Waals surface area contributed by atoms with Crippen LogP contribution in [0.15, 0.2) is 18.2 Å². The monoisotopic (exact) mass is 291 g/mol. The van der Waals surface area contributed by atoms with Gasteiger partial charge in [0, 0.05) is 17.6 Å². The van der Waals surface area contributed by atoms with Crippen LogP contribution in [-0.2, 0) is 4.79 Å². The molecule has 21 heavy (non-hydrogen) atoms. The van der Waals surface area contributed by atoms with Gasteiger partial charge in [0.05, 0.1) is 5.69 Å². The lowest BCUT2D eigenvalue weighted by Crippen LogP contribution is -2.49. The van der Waals surface area contributed by atoms with Crippen LogP contribution in [0.4, 0.5) is 5.69 Å². The number of hydrogen-bond acceptors (Lipinski definition) is 4. The van der Waals surface area contributed by atoms with Crippen molar-refractivity contribution in [1.82, 2.24) is 5.32 Å². The van der Waals surface area contributed by atoms with Crippen LogP contribution in [0.25, 0.3) is 0 Å². The van der Waals surface area contributed by atoms with E-state index >= 15 is 0 Å². The summed E-state index contributed by atoms with van der Waals surface area (Å²) in [7, 11) is 0. The molecule has 0 atom stereocenters. The van der Waals surface area contributed by atoms with Gasteiger partial charge in [-0.1, -0.05) is 13.8 Å². The van der Waals surface area contributed by atoms with E-state index < -0.39 is 0 Å². The Morgan fingerprint density at radius 2 is 2.14 bits per heavy atom. The first kappa shape index (κ1) is 15.3. The molecule has 0 radical (unpaired) electrons. The Hall–Kier alpha value is -2.08. The fraction of sp³-hybridized carbons (Fsp3) is 0.467. The van der Waals surface area contributed by atoms with E-state index in [2.05, 4.69) is 10.6 Å². The highest BCUT2D eigenvalue weighted by molar-refractivity contribution is 5.99. The minimum atomic E-state index is -0.388. The first-order chi connectivity index (χ1) is 9.97. The molecule has 6 heteroatoms. The van der Waals surface area contributed by atoms with Gasteiger partial charge in [0.2, 0.25) is 0 Å². The minimum absolute atomic E-state index is 0.00123. The molecule has 1 aromatic rings. The maximum absolute atomic E-state index is 12.2. The lowest BCUT2D eigenvalue weighted by molar-refractivity contribution is -0.118. The number of anilines is 1. The average Bonchev–Trinajstić information content (AvgIpc) is 2.51. The number of amides is 2. The smallest absolute Gasteiger partial charge is 0.262 e. The van der Waals surface area contributed by atoms with Gasteiger partial charge in [-0.25, -0.2) is 0 Å². The van der Waals surface area contributed by atoms with Crippen LogP contribution in [0.2, 0.25) is 0 Å². The summed E-state index contributed by atoms with van der Waals surface area (Å²) in [6.07, 6.45) is 1.58. The third-order valence-corrected chi connectivity index (χ3v) is 3.88. The predicted octanol–water partition coefficient (Wildman–Crippen LogP) is 1.26. The van der Waals surface area contributed by atoms with Crippen molar-refractivity contribution in [3.63, 3.8) is 0 Å². The van der Waals surface area contributed by atoms with Crippen molar-refractivity contribution in [3.05, 3.63) is 23.8 Å². The number of rotatable bonds is 5. The Labute approximate surface area is 124 Å². The number of ether oxygens (including phenoxy) is 1. The summed E-state index contributed by atoms with van der Waals surface area (Å²) in [6, 6.07) is 4.96. The second-order valence-electron chi connectivity index (χ2n) is 5.30. The van der Waals surface area contributed by atoms with Crippen LogP contribution in [0.1, 0.15) is 37.0 Å². The number of fused-ring (bicyclic) bond motifs is 1. The standard InChI is InChI=1S/C15H21N3O3/c1-3-15(16,4-2)9-17-14(20)10-5-6-12-11(7-10)18-13(19)8-21-12/h5-7H,3-4,8-9,16H2,1-2H3,(H,17,20)(H,18,19). The van der Waals surface area contributed by atoms with Gasteiger partial charge in [-0.05, 0) is 31.0 Å². The predicted molar refractivity (Wildman–Crippen MR) is 80.4 cm³/mol. The highest BCUT2D eigenvalue weighted by Gasteiger charge is 2.22. The molecule has 2 rings (SSSR count). The molecule has 0 bridgehead atoms. The maximum Gasteiger partial charge on any atom is 0.262 e. The molecule has 1 aliphatic rings. The molecule has 6 nitrogen and oxygen atoms in total. The summed E-state index contributed by atoms with van der Waals surface area (Å²) < 4.78 is 5.26. The van der Waals surface area contributed by atoms with Crippen molar-refractivity contribution in [2.75, 3.05) is 18.5 Å². The van der Waals surface area contributed by atoms with Crippen molar-refractivity contribution in [3.8, 4) is 5.75 Å². The van der Waals surface area contributed by atoms with Gasteiger partial charge in [0.1, 0.15) is 5.75 Å².